The maximum absolute atomic E-state index is 13.3. The van der Waals surface area contributed by atoms with Gasteiger partial charge in [0.1, 0.15) is 6.61 Å². The number of rotatable bonds is 14. The van der Waals surface area contributed by atoms with Crippen molar-refractivity contribution in [3.05, 3.63) is 35.4 Å². The number of imide groups is 1. The van der Waals surface area contributed by atoms with Crippen molar-refractivity contribution >= 4 is 17.8 Å². The molecule has 1 saturated heterocycles. The summed E-state index contributed by atoms with van der Waals surface area (Å²) in [5.41, 5.74) is 1.36. The highest BCUT2D eigenvalue weighted by molar-refractivity contribution is 6.03. The average molecular weight is 489 g/mol. The molecule has 8 heteroatoms. The summed E-state index contributed by atoms with van der Waals surface area (Å²) in [6.07, 6.45) is 1.95. The van der Waals surface area contributed by atoms with Gasteiger partial charge in [-0.1, -0.05) is 70.9 Å². The van der Waals surface area contributed by atoms with Crippen LogP contribution >= 0.6 is 0 Å². The van der Waals surface area contributed by atoms with Gasteiger partial charge in [0, 0.05) is 13.1 Å². The van der Waals surface area contributed by atoms with E-state index in [2.05, 4.69) is 36.3 Å². The molecule has 0 radical (unpaired) electrons. The van der Waals surface area contributed by atoms with E-state index in [0.717, 1.165) is 48.5 Å². The van der Waals surface area contributed by atoms with Crippen molar-refractivity contribution in [3.8, 4) is 0 Å². The van der Waals surface area contributed by atoms with Gasteiger partial charge in [-0.15, -0.1) is 0 Å². The third-order valence-corrected chi connectivity index (χ3v) is 7.20. The molecule has 0 saturated carbocycles. The molecule has 1 unspecified atom stereocenters. The van der Waals surface area contributed by atoms with Gasteiger partial charge >= 0.3 is 6.03 Å². The summed E-state index contributed by atoms with van der Waals surface area (Å²) in [5.74, 6) is -0.493. The topological polar surface area (TPSA) is 91.0 Å². The highest BCUT2D eigenvalue weighted by Crippen LogP contribution is 2.46. The van der Waals surface area contributed by atoms with Gasteiger partial charge in [0.05, 0.1) is 11.5 Å². The van der Waals surface area contributed by atoms with Crippen molar-refractivity contribution < 1.29 is 19.1 Å². The van der Waals surface area contributed by atoms with E-state index in [1.807, 2.05) is 45.0 Å². The molecular weight excluding hydrogens is 444 g/mol. The van der Waals surface area contributed by atoms with Crippen molar-refractivity contribution in [2.24, 2.45) is 5.41 Å². The van der Waals surface area contributed by atoms with Gasteiger partial charge in [0.2, 0.25) is 11.8 Å². The van der Waals surface area contributed by atoms with E-state index in [1.54, 1.807) is 0 Å². The first-order chi connectivity index (χ1) is 16.8. The number of carbonyl (C=O) groups is 3. The Labute approximate surface area is 210 Å². The van der Waals surface area contributed by atoms with E-state index in [9.17, 15) is 14.4 Å². The van der Waals surface area contributed by atoms with Crippen LogP contribution < -0.4 is 10.6 Å². The fraction of sp³-hybridized carbons (Fsp3) is 0.667. The Morgan fingerprint density at radius 2 is 1.71 bits per heavy atom. The summed E-state index contributed by atoms with van der Waals surface area (Å²) in [5, 5.41) is 5.90. The number of ether oxygens (including phenoxy) is 1. The molecule has 1 aliphatic rings. The maximum Gasteiger partial charge on any atom is 0.326 e. The van der Waals surface area contributed by atoms with Crippen molar-refractivity contribution in [1.82, 2.24) is 20.4 Å². The van der Waals surface area contributed by atoms with Gasteiger partial charge in [0.25, 0.3) is 0 Å². The normalized spacial score (nSPS) is 17.7. The second-order valence-electron chi connectivity index (χ2n) is 9.28. The lowest BCUT2D eigenvalue weighted by molar-refractivity contribution is -0.210. The van der Waals surface area contributed by atoms with Crippen molar-refractivity contribution in [1.29, 1.82) is 0 Å². The molecule has 1 heterocycles. The Hall–Kier alpha value is -2.45. The number of aryl methyl sites for hydroxylation is 1. The predicted octanol–water partition coefficient (Wildman–Crippen LogP) is 4.00. The van der Waals surface area contributed by atoms with Crippen LogP contribution in [-0.2, 0) is 14.3 Å². The molecule has 1 aliphatic heterocycles. The van der Waals surface area contributed by atoms with Gasteiger partial charge in [-0.3, -0.25) is 9.59 Å². The van der Waals surface area contributed by atoms with Crippen LogP contribution in [-0.4, -0.2) is 66.7 Å². The van der Waals surface area contributed by atoms with E-state index in [1.165, 1.54) is 0 Å². The lowest BCUT2D eigenvalue weighted by atomic mass is 9.72. The smallest absolute Gasteiger partial charge is 0.326 e. The number of likely N-dealkylation sites (tertiary alicyclic amines) is 1. The van der Waals surface area contributed by atoms with E-state index in [0.29, 0.717) is 19.4 Å². The number of amides is 4. The Morgan fingerprint density at radius 3 is 2.26 bits per heavy atom. The molecule has 2 N–H and O–H groups in total. The molecule has 0 aliphatic carbocycles. The predicted molar refractivity (Wildman–Crippen MR) is 138 cm³/mol. The minimum absolute atomic E-state index is 0.196. The van der Waals surface area contributed by atoms with Crippen molar-refractivity contribution in [2.75, 3.05) is 32.8 Å². The van der Waals surface area contributed by atoms with Crippen LogP contribution in [0.4, 0.5) is 4.79 Å². The lowest BCUT2D eigenvalue weighted by Gasteiger charge is -2.53. The van der Waals surface area contributed by atoms with Crippen LogP contribution in [0.25, 0.3) is 0 Å². The Morgan fingerprint density at radius 1 is 1.09 bits per heavy atom. The zero-order valence-corrected chi connectivity index (χ0v) is 22.4. The second kappa shape index (κ2) is 13.6. The van der Waals surface area contributed by atoms with Crippen LogP contribution in [0.5, 0.6) is 0 Å². The highest BCUT2D eigenvalue weighted by Gasteiger charge is 2.62. The quantitative estimate of drug-likeness (QED) is 0.386. The third-order valence-electron chi connectivity index (χ3n) is 7.20. The standard InChI is InChI=1S/C27H44N4O4/c1-7-12-22(21-15-13-20(6)14-16-21)29-26(34)31-24(33)27(8-2,9-3)25(31)35-19-23(32)28-17-18-30(10-4)11-5/h13-16,22,25H,7-12,17-19H2,1-6H3,(H,28,32)(H,29,34)/t22-,25?/m1/s1. The van der Waals surface area contributed by atoms with Crippen LogP contribution in [0, 0.1) is 12.3 Å². The molecule has 35 heavy (non-hydrogen) atoms. The van der Waals surface area contributed by atoms with E-state index < -0.39 is 17.7 Å². The molecular formula is C27H44N4O4. The lowest BCUT2D eigenvalue weighted by Crippen LogP contribution is -2.72. The van der Waals surface area contributed by atoms with E-state index in [4.69, 9.17) is 4.74 Å². The molecule has 196 valence electrons. The van der Waals surface area contributed by atoms with Crippen molar-refractivity contribution in [2.45, 2.75) is 79.5 Å². The number of urea groups is 1. The molecule has 1 fully saturated rings. The van der Waals surface area contributed by atoms with Crippen LogP contribution in [0.15, 0.2) is 24.3 Å². The number of nitrogens with one attached hydrogen (secondary N) is 2. The summed E-state index contributed by atoms with van der Waals surface area (Å²) < 4.78 is 5.93. The number of benzene rings is 1. The van der Waals surface area contributed by atoms with E-state index >= 15 is 0 Å². The summed E-state index contributed by atoms with van der Waals surface area (Å²) >= 11 is 0. The SMILES string of the molecule is CCC[C@@H](NC(=O)N1C(=O)C(CC)(CC)C1OCC(=O)NCCN(CC)CC)c1ccc(C)cc1. The fourth-order valence-electron chi connectivity index (χ4n) is 4.69. The third kappa shape index (κ3) is 6.82. The van der Waals surface area contributed by atoms with Crippen molar-refractivity contribution in [3.63, 3.8) is 0 Å². The summed E-state index contributed by atoms with van der Waals surface area (Å²) in [6.45, 7) is 15.0. The minimum Gasteiger partial charge on any atom is -0.353 e. The first kappa shape index (κ1) is 28.8. The average Bonchev–Trinajstić information content (AvgIpc) is 2.85. The Kier molecular flexibility index (Phi) is 11.2. The number of carbonyl (C=O) groups excluding carboxylic acids is 3. The molecule has 2 atom stereocenters. The number of nitrogens with zero attached hydrogens (tertiary/aromatic N) is 2. The van der Waals surface area contributed by atoms with Gasteiger partial charge in [-0.05, 0) is 44.8 Å². The van der Waals surface area contributed by atoms with Gasteiger partial charge < -0.3 is 20.3 Å². The summed E-state index contributed by atoms with van der Waals surface area (Å²) in [6, 6.07) is 7.37. The van der Waals surface area contributed by atoms with Gasteiger partial charge in [-0.2, -0.15) is 0 Å². The van der Waals surface area contributed by atoms with E-state index in [-0.39, 0.29) is 24.5 Å². The number of likely N-dealkylation sites (N-methyl/N-ethyl adjacent to an activating group) is 1. The molecule has 1 aromatic carbocycles. The highest BCUT2D eigenvalue weighted by atomic mass is 16.5. The molecule has 0 bridgehead atoms. The first-order valence-corrected chi connectivity index (χ1v) is 13.1. The number of hydrogen-bond acceptors (Lipinski definition) is 5. The molecule has 0 spiro atoms. The second-order valence-corrected chi connectivity index (χ2v) is 9.28. The van der Waals surface area contributed by atoms with Gasteiger partial charge in [-0.25, -0.2) is 9.69 Å². The molecule has 0 aromatic heterocycles. The maximum atomic E-state index is 13.3. The fourth-order valence-corrected chi connectivity index (χ4v) is 4.69. The summed E-state index contributed by atoms with van der Waals surface area (Å²) in [4.78, 5) is 42.2. The van der Waals surface area contributed by atoms with Gasteiger partial charge in [0.15, 0.2) is 6.23 Å². The van der Waals surface area contributed by atoms with Crippen LogP contribution in [0.3, 0.4) is 0 Å². The minimum atomic E-state index is -0.789. The number of hydrogen-bond donors (Lipinski definition) is 2. The Bertz CT molecular complexity index is 834. The molecule has 8 nitrogen and oxygen atoms in total. The molecule has 2 rings (SSSR count). The largest absolute Gasteiger partial charge is 0.353 e. The monoisotopic (exact) mass is 488 g/mol. The zero-order chi connectivity index (χ0) is 26.0. The number of β-lactam (4-membered cyclic amide) rings is 1. The molecule has 1 aromatic rings. The molecule has 4 amide bonds. The Balaban J connectivity index is 2.06. The summed E-state index contributed by atoms with van der Waals surface area (Å²) in [7, 11) is 0. The van der Waals surface area contributed by atoms with Crippen LogP contribution in [0.2, 0.25) is 0 Å². The first-order valence-electron chi connectivity index (χ1n) is 13.1. The van der Waals surface area contributed by atoms with Crippen LogP contribution in [0.1, 0.15) is 77.5 Å². The zero-order valence-electron chi connectivity index (χ0n) is 22.4.